The minimum absolute atomic E-state index is 0.111. The Bertz CT molecular complexity index is 1320. The van der Waals surface area contributed by atoms with Crippen molar-refractivity contribution in [3.8, 4) is 5.69 Å². The zero-order valence-electron chi connectivity index (χ0n) is 17.6. The number of fused-ring (bicyclic) bond motifs is 1. The molecule has 4 rings (SSSR count). The summed E-state index contributed by atoms with van der Waals surface area (Å²) in [6, 6.07) is 11.5. The van der Waals surface area contributed by atoms with Crippen LogP contribution in [0.4, 0.5) is 18.9 Å². The van der Waals surface area contributed by atoms with Crippen molar-refractivity contribution >= 4 is 17.6 Å². The lowest BCUT2D eigenvalue weighted by atomic mass is 10.1. The summed E-state index contributed by atoms with van der Waals surface area (Å²) in [5.74, 6) is -1.59. The number of nitrogens with zero attached hydrogens (tertiary/aromatic N) is 3. The number of rotatable bonds is 3. The number of para-hydroxylation sites is 2. The number of anilines is 1. The van der Waals surface area contributed by atoms with Gasteiger partial charge in [0.05, 0.1) is 18.4 Å². The van der Waals surface area contributed by atoms with Crippen molar-refractivity contribution in [3.63, 3.8) is 0 Å². The monoisotopic (exact) mass is 457 g/mol. The topological polar surface area (TPSA) is 81.5 Å². The van der Waals surface area contributed by atoms with E-state index in [1.165, 1.54) is 32.2 Å². The SMILES string of the molecule is COC(=O)C1Cc2ccccc2N1C(=O)c1nn(-c2ccccc2C(F)(F)F)c(C)cc1=O. The molecule has 1 amide bonds. The van der Waals surface area contributed by atoms with Crippen LogP contribution in [-0.2, 0) is 22.1 Å². The largest absolute Gasteiger partial charge is 0.467 e. The molecule has 0 aliphatic carbocycles. The Morgan fingerprint density at radius 1 is 1.06 bits per heavy atom. The van der Waals surface area contributed by atoms with E-state index in [1.807, 2.05) is 0 Å². The normalized spacial score (nSPS) is 15.3. The number of benzene rings is 2. The lowest BCUT2D eigenvalue weighted by molar-refractivity contribution is -0.142. The molecule has 0 bridgehead atoms. The molecular formula is C23H18F3N3O4. The van der Waals surface area contributed by atoms with Gasteiger partial charge in [0.1, 0.15) is 6.04 Å². The van der Waals surface area contributed by atoms with E-state index in [4.69, 9.17) is 4.74 Å². The van der Waals surface area contributed by atoms with Gasteiger partial charge in [-0.3, -0.25) is 14.5 Å². The van der Waals surface area contributed by atoms with E-state index in [2.05, 4.69) is 5.10 Å². The number of carbonyl (C=O) groups is 2. The number of carbonyl (C=O) groups excluding carboxylic acids is 2. The summed E-state index contributed by atoms with van der Waals surface area (Å²) in [6.07, 6.45) is -4.51. The predicted octanol–water partition coefficient (Wildman–Crippen LogP) is 3.30. The number of aromatic nitrogens is 2. The number of aryl methyl sites for hydroxylation is 1. The van der Waals surface area contributed by atoms with Crippen LogP contribution >= 0.6 is 0 Å². The molecule has 2 aromatic carbocycles. The van der Waals surface area contributed by atoms with Gasteiger partial charge in [-0.05, 0) is 30.7 Å². The van der Waals surface area contributed by atoms with Crippen LogP contribution in [0.25, 0.3) is 5.69 Å². The molecule has 1 aliphatic rings. The van der Waals surface area contributed by atoms with Crippen LogP contribution in [0.15, 0.2) is 59.4 Å². The predicted molar refractivity (Wildman–Crippen MR) is 112 cm³/mol. The first-order valence-electron chi connectivity index (χ1n) is 9.90. The van der Waals surface area contributed by atoms with Crippen LogP contribution in [0, 0.1) is 6.92 Å². The van der Waals surface area contributed by atoms with E-state index in [0.29, 0.717) is 11.3 Å². The van der Waals surface area contributed by atoms with E-state index >= 15 is 0 Å². The third-order valence-electron chi connectivity index (χ3n) is 5.42. The van der Waals surface area contributed by atoms with E-state index in [0.717, 1.165) is 21.7 Å². The van der Waals surface area contributed by atoms with Gasteiger partial charge in [-0.1, -0.05) is 30.3 Å². The van der Waals surface area contributed by atoms with Gasteiger partial charge in [0.2, 0.25) is 5.43 Å². The molecule has 0 radical (unpaired) electrons. The van der Waals surface area contributed by atoms with Crippen LogP contribution in [0.2, 0.25) is 0 Å². The van der Waals surface area contributed by atoms with Crippen molar-refractivity contribution < 1.29 is 27.5 Å². The first-order chi connectivity index (χ1) is 15.6. The molecule has 33 heavy (non-hydrogen) atoms. The Hall–Kier alpha value is -3.95. The van der Waals surface area contributed by atoms with E-state index < -0.39 is 40.8 Å². The first-order valence-corrected chi connectivity index (χ1v) is 9.90. The fourth-order valence-electron chi connectivity index (χ4n) is 3.91. The number of ether oxygens (including phenoxy) is 1. The van der Waals surface area contributed by atoms with E-state index in [-0.39, 0.29) is 17.8 Å². The summed E-state index contributed by atoms with van der Waals surface area (Å²) in [7, 11) is 1.18. The number of esters is 1. The van der Waals surface area contributed by atoms with Crippen LogP contribution < -0.4 is 10.3 Å². The molecule has 0 saturated heterocycles. The molecule has 1 aliphatic heterocycles. The molecule has 170 valence electrons. The van der Waals surface area contributed by atoms with Gasteiger partial charge in [0.25, 0.3) is 5.91 Å². The first kappa shape index (κ1) is 22.3. The maximum Gasteiger partial charge on any atom is 0.418 e. The lowest BCUT2D eigenvalue weighted by Crippen LogP contribution is -2.45. The minimum Gasteiger partial charge on any atom is -0.467 e. The highest BCUT2D eigenvalue weighted by molar-refractivity contribution is 6.10. The van der Waals surface area contributed by atoms with Gasteiger partial charge in [-0.15, -0.1) is 0 Å². The summed E-state index contributed by atoms with van der Waals surface area (Å²) in [6.45, 7) is 1.41. The molecular weight excluding hydrogens is 439 g/mol. The smallest absolute Gasteiger partial charge is 0.418 e. The van der Waals surface area contributed by atoms with Crippen molar-refractivity contribution in [2.45, 2.75) is 25.6 Å². The average Bonchev–Trinajstić information content (AvgIpc) is 3.17. The van der Waals surface area contributed by atoms with E-state index in [9.17, 15) is 27.6 Å². The van der Waals surface area contributed by atoms with Crippen molar-refractivity contribution in [2.24, 2.45) is 0 Å². The molecule has 1 aromatic heterocycles. The summed E-state index contributed by atoms with van der Waals surface area (Å²) < 4.78 is 46.4. The Kier molecular flexibility index (Phi) is 5.52. The maximum atomic E-state index is 13.6. The maximum absolute atomic E-state index is 13.6. The zero-order valence-corrected chi connectivity index (χ0v) is 17.6. The number of amides is 1. The van der Waals surface area contributed by atoms with Crippen LogP contribution in [0.5, 0.6) is 0 Å². The second-order valence-corrected chi connectivity index (χ2v) is 7.47. The van der Waals surface area contributed by atoms with Gasteiger partial charge in [0, 0.05) is 23.9 Å². The van der Waals surface area contributed by atoms with Gasteiger partial charge in [-0.2, -0.15) is 18.3 Å². The summed E-state index contributed by atoms with van der Waals surface area (Å²) in [5.41, 5.74) is -1.48. The molecule has 0 fully saturated rings. The Balaban J connectivity index is 1.87. The third-order valence-corrected chi connectivity index (χ3v) is 5.42. The lowest BCUT2D eigenvalue weighted by Gasteiger charge is -2.24. The summed E-state index contributed by atoms with van der Waals surface area (Å²) in [4.78, 5) is 39.6. The zero-order chi connectivity index (χ0) is 23.9. The second-order valence-electron chi connectivity index (χ2n) is 7.47. The van der Waals surface area contributed by atoms with Gasteiger partial charge in [0.15, 0.2) is 5.69 Å². The number of alkyl halides is 3. The fraction of sp³-hybridized carbons (Fsp3) is 0.217. The highest BCUT2D eigenvalue weighted by Gasteiger charge is 2.41. The minimum atomic E-state index is -4.68. The van der Waals surface area contributed by atoms with Crippen LogP contribution in [-0.4, -0.2) is 34.8 Å². The number of methoxy groups -OCH3 is 1. The highest BCUT2D eigenvalue weighted by atomic mass is 19.4. The van der Waals surface area contributed by atoms with Gasteiger partial charge >= 0.3 is 12.1 Å². The molecule has 2 heterocycles. The van der Waals surface area contributed by atoms with Crippen LogP contribution in [0.1, 0.15) is 27.3 Å². The molecule has 0 saturated carbocycles. The third kappa shape index (κ3) is 3.88. The number of hydrogen-bond donors (Lipinski definition) is 0. The standard InChI is InChI=1S/C23H18F3N3O4/c1-13-11-19(30)20(27-29(13)17-10-6-4-8-15(17)23(24,25)26)21(31)28-16-9-5-3-7-14(16)12-18(28)22(32)33-2/h3-11,18H,12H2,1-2H3. The molecule has 1 unspecified atom stereocenters. The quantitative estimate of drug-likeness (QED) is 0.564. The number of halogens is 3. The van der Waals surface area contributed by atoms with Crippen molar-refractivity contribution in [3.05, 3.63) is 87.3 Å². The highest BCUT2D eigenvalue weighted by Crippen LogP contribution is 2.35. The van der Waals surface area contributed by atoms with Crippen molar-refractivity contribution in [2.75, 3.05) is 12.0 Å². The molecule has 0 spiro atoms. The number of hydrogen-bond acceptors (Lipinski definition) is 5. The Labute approximate surface area is 186 Å². The fourth-order valence-corrected chi connectivity index (χ4v) is 3.91. The summed E-state index contributed by atoms with van der Waals surface area (Å²) in [5, 5.41) is 4.01. The second kappa shape index (κ2) is 8.19. The van der Waals surface area contributed by atoms with Gasteiger partial charge in [-0.25, -0.2) is 9.48 Å². The van der Waals surface area contributed by atoms with Gasteiger partial charge < -0.3 is 4.74 Å². The Morgan fingerprint density at radius 2 is 1.70 bits per heavy atom. The average molecular weight is 457 g/mol. The molecule has 7 nitrogen and oxygen atoms in total. The Morgan fingerprint density at radius 3 is 2.36 bits per heavy atom. The van der Waals surface area contributed by atoms with E-state index in [1.54, 1.807) is 24.3 Å². The van der Waals surface area contributed by atoms with Crippen molar-refractivity contribution in [1.29, 1.82) is 0 Å². The molecule has 1 atom stereocenters. The summed E-state index contributed by atoms with van der Waals surface area (Å²) >= 11 is 0. The molecule has 0 N–H and O–H groups in total. The molecule has 3 aromatic rings. The van der Waals surface area contributed by atoms with Crippen LogP contribution in [0.3, 0.4) is 0 Å². The molecule has 10 heteroatoms. The van der Waals surface area contributed by atoms with Crippen molar-refractivity contribution in [1.82, 2.24) is 9.78 Å².